The first-order valence-electron chi connectivity index (χ1n) is 15.5. The fraction of sp³-hybridized carbons (Fsp3) is 0. The van der Waals surface area contributed by atoms with E-state index in [1.54, 1.807) is 0 Å². The van der Waals surface area contributed by atoms with Crippen LogP contribution >= 0.6 is 0 Å². The smallest absolute Gasteiger partial charge is 0.143 e. The molecular weight excluding hydrogens is 544 g/mol. The molecule has 0 spiro atoms. The van der Waals surface area contributed by atoms with Crippen molar-refractivity contribution >= 4 is 75.8 Å². The zero-order chi connectivity index (χ0) is 29.5. The minimum Gasteiger partial charge on any atom is -0.455 e. The quantitative estimate of drug-likeness (QED) is 0.188. The highest BCUT2D eigenvalue weighted by atomic mass is 16.3. The van der Waals surface area contributed by atoms with E-state index in [9.17, 15) is 0 Å². The van der Waals surface area contributed by atoms with E-state index in [1.165, 1.54) is 70.7 Å². The third-order valence-electron chi connectivity index (χ3n) is 9.58. The van der Waals surface area contributed by atoms with Crippen LogP contribution in [0.2, 0.25) is 0 Å². The highest BCUT2D eigenvalue weighted by Gasteiger charge is 2.20. The number of benzene rings is 9. The summed E-state index contributed by atoms with van der Waals surface area (Å²) in [7, 11) is 0. The number of hydrogen-bond donors (Lipinski definition) is 0. The summed E-state index contributed by atoms with van der Waals surface area (Å²) in [6.45, 7) is 0. The first kappa shape index (κ1) is 24.5. The summed E-state index contributed by atoms with van der Waals surface area (Å²) < 4.78 is 6.75. The summed E-state index contributed by atoms with van der Waals surface area (Å²) in [5, 5.41) is 14.5. The van der Waals surface area contributed by atoms with Gasteiger partial charge < -0.3 is 4.42 Å². The Balaban J connectivity index is 1.40. The molecule has 0 saturated heterocycles. The zero-order valence-electron chi connectivity index (χ0n) is 24.4. The van der Waals surface area contributed by atoms with Crippen molar-refractivity contribution in [2.24, 2.45) is 0 Å². The molecule has 0 unspecified atom stereocenters. The molecule has 0 amide bonds. The summed E-state index contributed by atoms with van der Waals surface area (Å²) in [5.74, 6) is 0. The van der Waals surface area contributed by atoms with Gasteiger partial charge in [-0.05, 0) is 101 Å². The van der Waals surface area contributed by atoms with Gasteiger partial charge in [-0.2, -0.15) is 0 Å². The summed E-state index contributed by atoms with van der Waals surface area (Å²) in [6.07, 6.45) is 0. The second kappa shape index (κ2) is 9.29. The molecule has 1 heteroatoms. The largest absolute Gasteiger partial charge is 0.455 e. The fourth-order valence-corrected chi connectivity index (χ4v) is 7.48. The van der Waals surface area contributed by atoms with E-state index in [2.05, 4.69) is 158 Å². The van der Waals surface area contributed by atoms with Crippen molar-refractivity contribution in [3.05, 3.63) is 158 Å². The molecule has 45 heavy (non-hydrogen) atoms. The third kappa shape index (κ3) is 3.62. The Morgan fingerprint density at radius 2 is 0.778 bits per heavy atom. The second-order valence-electron chi connectivity index (χ2n) is 12.1. The average molecular weight is 571 g/mol. The Bertz CT molecular complexity index is 2820. The normalized spacial score (nSPS) is 12.0. The summed E-state index contributed by atoms with van der Waals surface area (Å²) in [6, 6.07) is 57.4. The molecule has 0 aliphatic carbocycles. The zero-order valence-corrected chi connectivity index (χ0v) is 24.4. The van der Waals surface area contributed by atoms with Crippen molar-refractivity contribution < 1.29 is 4.42 Å². The Labute approximate surface area is 259 Å². The lowest BCUT2D eigenvalue weighted by Crippen LogP contribution is -1.91. The highest BCUT2D eigenvalue weighted by molar-refractivity contribution is 6.26. The molecule has 0 aliphatic rings. The van der Waals surface area contributed by atoms with Crippen molar-refractivity contribution in [2.75, 3.05) is 0 Å². The van der Waals surface area contributed by atoms with Crippen molar-refractivity contribution in [1.82, 2.24) is 0 Å². The monoisotopic (exact) mass is 570 g/mol. The van der Waals surface area contributed by atoms with Crippen LogP contribution < -0.4 is 0 Å². The van der Waals surface area contributed by atoms with Gasteiger partial charge in [-0.25, -0.2) is 0 Å². The van der Waals surface area contributed by atoms with E-state index in [-0.39, 0.29) is 0 Å². The number of furan rings is 1. The van der Waals surface area contributed by atoms with Crippen molar-refractivity contribution in [3.8, 4) is 22.3 Å². The van der Waals surface area contributed by atoms with Crippen LogP contribution in [-0.2, 0) is 0 Å². The second-order valence-corrected chi connectivity index (χ2v) is 12.1. The van der Waals surface area contributed by atoms with Crippen molar-refractivity contribution in [1.29, 1.82) is 0 Å². The van der Waals surface area contributed by atoms with Gasteiger partial charge in [-0.15, -0.1) is 0 Å². The van der Waals surface area contributed by atoms with Gasteiger partial charge in [0.2, 0.25) is 0 Å². The van der Waals surface area contributed by atoms with Crippen LogP contribution in [0.3, 0.4) is 0 Å². The lowest BCUT2D eigenvalue weighted by atomic mass is 9.84. The van der Waals surface area contributed by atoms with Crippen LogP contribution in [-0.4, -0.2) is 0 Å². The lowest BCUT2D eigenvalue weighted by Gasteiger charge is -2.18. The van der Waals surface area contributed by atoms with Crippen LogP contribution in [0, 0.1) is 0 Å². The van der Waals surface area contributed by atoms with Crippen LogP contribution in [0.4, 0.5) is 0 Å². The Morgan fingerprint density at radius 1 is 0.289 bits per heavy atom. The predicted octanol–water partition coefficient (Wildman–Crippen LogP) is 12.7. The van der Waals surface area contributed by atoms with Gasteiger partial charge in [-0.1, -0.05) is 127 Å². The van der Waals surface area contributed by atoms with Crippen LogP contribution in [0.25, 0.3) is 98.1 Å². The van der Waals surface area contributed by atoms with Gasteiger partial charge in [0.05, 0.1) is 0 Å². The maximum Gasteiger partial charge on any atom is 0.143 e. The van der Waals surface area contributed by atoms with E-state index < -0.39 is 0 Å². The average Bonchev–Trinajstić information content (AvgIpc) is 3.47. The Kier molecular flexibility index (Phi) is 5.06. The predicted molar refractivity (Wildman–Crippen MR) is 192 cm³/mol. The molecule has 208 valence electrons. The third-order valence-corrected chi connectivity index (χ3v) is 9.58. The summed E-state index contributed by atoms with van der Waals surface area (Å²) in [4.78, 5) is 0. The van der Waals surface area contributed by atoms with Gasteiger partial charge >= 0.3 is 0 Å². The summed E-state index contributed by atoms with van der Waals surface area (Å²) in [5.41, 5.74) is 6.78. The van der Waals surface area contributed by atoms with E-state index >= 15 is 0 Å². The molecule has 1 nitrogen and oxygen atoms in total. The van der Waals surface area contributed by atoms with Crippen LogP contribution in [0.5, 0.6) is 0 Å². The highest BCUT2D eigenvalue weighted by Crippen LogP contribution is 2.47. The molecule has 10 aromatic rings. The molecule has 10 rings (SSSR count). The molecule has 1 heterocycles. The maximum absolute atomic E-state index is 6.75. The minimum atomic E-state index is 0.913. The van der Waals surface area contributed by atoms with E-state index in [0.29, 0.717) is 0 Å². The molecule has 0 aliphatic heterocycles. The fourth-order valence-electron chi connectivity index (χ4n) is 7.48. The van der Waals surface area contributed by atoms with Crippen molar-refractivity contribution in [3.63, 3.8) is 0 Å². The molecule has 9 aromatic carbocycles. The SMILES string of the molecule is c1ccc2cc(-c3c4ccccc4c(-c4ccc5ccccc5c4)c4cc5c(cc34)oc3c4ccccc4ccc53)ccc2c1. The lowest BCUT2D eigenvalue weighted by molar-refractivity contribution is 0.673. The maximum atomic E-state index is 6.75. The van der Waals surface area contributed by atoms with Gasteiger partial charge in [0, 0.05) is 16.2 Å². The standard InChI is InChI=1S/C44H26O/c1-3-12-30-23-32(19-17-27(30)9-1)42-35-15-7-8-16-36(35)43(33-20-18-28-10-2-4-13-31(28)24-33)40-26-41-38(25-39(40)42)37-22-21-29-11-5-6-14-34(29)44(37)45-41/h1-26H. The summed E-state index contributed by atoms with van der Waals surface area (Å²) >= 11 is 0. The molecule has 1 aromatic heterocycles. The van der Waals surface area contributed by atoms with Crippen molar-refractivity contribution in [2.45, 2.75) is 0 Å². The molecule has 0 fully saturated rings. The molecule has 0 saturated carbocycles. The molecule has 0 N–H and O–H groups in total. The first-order valence-corrected chi connectivity index (χ1v) is 15.5. The first-order chi connectivity index (χ1) is 22.3. The van der Waals surface area contributed by atoms with E-state index in [4.69, 9.17) is 4.42 Å². The van der Waals surface area contributed by atoms with Crippen LogP contribution in [0.1, 0.15) is 0 Å². The van der Waals surface area contributed by atoms with Crippen LogP contribution in [0.15, 0.2) is 162 Å². The molecular formula is C44H26O. The molecule has 0 atom stereocenters. The number of fused-ring (bicyclic) bond motifs is 9. The van der Waals surface area contributed by atoms with E-state index in [1.807, 2.05) is 0 Å². The minimum absolute atomic E-state index is 0.913. The molecule has 0 radical (unpaired) electrons. The van der Waals surface area contributed by atoms with E-state index in [0.717, 1.165) is 27.3 Å². The van der Waals surface area contributed by atoms with Gasteiger partial charge in [-0.3, -0.25) is 0 Å². The Hall–Kier alpha value is -5.92. The van der Waals surface area contributed by atoms with Gasteiger partial charge in [0.1, 0.15) is 11.2 Å². The molecule has 0 bridgehead atoms. The number of hydrogen-bond acceptors (Lipinski definition) is 1. The van der Waals surface area contributed by atoms with Gasteiger partial charge in [0.15, 0.2) is 0 Å². The topological polar surface area (TPSA) is 13.1 Å². The Morgan fingerprint density at radius 3 is 1.40 bits per heavy atom. The van der Waals surface area contributed by atoms with Gasteiger partial charge in [0.25, 0.3) is 0 Å². The number of rotatable bonds is 2.